The van der Waals surface area contributed by atoms with E-state index in [9.17, 15) is 30.7 Å². The van der Waals surface area contributed by atoms with Crippen LogP contribution < -0.4 is 0 Å². The van der Waals surface area contributed by atoms with Crippen molar-refractivity contribution in [3.8, 4) is 0 Å². The van der Waals surface area contributed by atoms with Crippen LogP contribution in [-0.4, -0.2) is 29.2 Å². The maximum absolute atomic E-state index is 13.1. The predicted molar refractivity (Wildman–Crippen MR) is 46.1 cm³/mol. The SMILES string of the molecule is CCCCCC(O)C(F)(C(F)(F)F)C(F)(F)F. The number of aliphatic hydroxyl groups excluding tert-OH is 1. The average Bonchev–Trinajstić information content (AvgIpc) is 2.13. The molecule has 0 aliphatic rings. The molecule has 17 heavy (non-hydrogen) atoms. The number of halogens is 7. The summed E-state index contributed by atoms with van der Waals surface area (Å²) in [5, 5.41) is 8.85. The van der Waals surface area contributed by atoms with Gasteiger partial charge in [-0.05, 0) is 6.42 Å². The molecule has 0 saturated heterocycles. The fourth-order valence-electron chi connectivity index (χ4n) is 1.33. The molecule has 0 aromatic carbocycles. The van der Waals surface area contributed by atoms with Crippen LogP contribution in [0.2, 0.25) is 0 Å². The third-order valence-electron chi connectivity index (χ3n) is 2.37. The second-order valence-electron chi connectivity index (χ2n) is 3.72. The molecule has 0 saturated carbocycles. The molecule has 0 aliphatic heterocycles. The molecule has 1 unspecified atom stereocenters. The monoisotopic (exact) mass is 270 g/mol. The van der Waals surface area contributed by atoms with Gasteiger partial charge in [0.05, 0.1) is 0 Å². The van der Waals surface area contributed by atoms with E-state index >= 15 is 0 Å². The van der Waals surface area contributed by atoms with Crippen molar-refractivity contribution in [3.05, 3.63) is 0 Å². The van der Waals surface area contributed by atoms with Gasteiger partial charge in [0.25, 0.3) is 0 Å². The lowest BCUT2D eigenvalue weighted by atomic mass is 9.93. The van der Waals surface area contributed by atoms with Gasteiger partial charge in [-0.1, -0.05) is 26.2 Å². The van der Waals surface area contributed by atoms with Gasteiger partial charge in [-0.2, -0.15) is 26.3 Å². The van der Waals surface area contributed by atoms with Gasteiger partial charge in [0.2, 0.25) is 0 Å². The summed E-state index contributed by atoms with van der Waals surface area (Å²) in [6.07, 6.45) is -15.6. The zero-order valence-corrected chi connectivity index (χ0v) is 9.00. The summed E-state index contributed by atoms with van der Waals surface area (Å²) >= 11 is 0. The summed E-state index contributed by atoms with van der Waals surface area (Å²) < 4.78 is 85.8. The predicted octanol–water partition coefficient (Wildman–Crippen LogP) is 3.76. The minimum Gasteiger partial charge on any atom is -0.389 e. The number of alkyl halides is 7. The van der Waals surface area contributed by atoms with Crippen molar-refractivity contribution in [1.29, 1.82) is 0 Å². The molecule has 0 spiro atoms. The number of hydrogen-bond donors (Lipinski definition) is 1. The van der Waals surface area contributed by atoms with Crippen LogP contribution in [0.1, 0.15) is 32.6 Å². The Morgan fingerprint density at radius 1 is 0.882 bits per heavy atom. The van der Waals surface area contributed by atoms with E-state index in [0.29, 0.717) is 12.8 Å². The van der Waals surface area contributed by atoms with Crippen molar-refractivity contribution in [1.82, 2.24) is 0 Å². The molecule has 0 aromatic rings. The quantitative estimate of drug-likeness (QED) is 0.595. The Kier molecular flexibility index (Phi) is 5.24. The van der Waals surface area contributed by atoms with Gasteiger partial charge in [-0.25, -0.2) is 4.39 Å². The summed E-state index contributed by atoms with van der Waals surface area (Å²) in [5.41, 5.74) is -5.56. The highest BCUT2D eigenvalue weighted by atomic mass is 19.4. The van der Waals surface area contributed by atoms with Crippen LogP contribution in [-0.2, 0) is 0 Å². The molecule has 104 valence electrons. The Labute approximate surface area is 93.6 Å². The Bertz CT molecular complexity index is 218. The van der Waals surface area contributed by atoms with Crippen molar-refractivity contribution in [2.24, 2.45) is 0 Å². The van der Waals surface area contributed by atoms with Crippen LogP contribution in [0, 0.1) is 0 Å². The first-order valence-electron chi connectivity index (χ1n) is 4.99. The zero-order chi connectivity index (χ0) is 13.9. The first-order valence-corrected chi connectivity index (χ1v) is 4.99. The van der Waals surface area contributed by atoms with Gasteiger partial charge < -0.3 is 5.11 Å². The van der Waals surface area contributed by atoms with Gasteiger partial charge in [0, 0.05) is 0 Å². The maximum Gasteiger partial charge on any atom is 0.434 e. The standard InChI is InChI=1S/C9H13F7O/c1-2-3-4-5-6(17)7(10,8(11,12)13)9(14,15)16/h6,17H,2-5H2,1H3. The molecule has 0 aromatic heterocycles. The van der Waals surface area contributed by atoms with Gasteiger partial charge in [-0.15, -0.1) is 0 Å². The van der Waals surface area contributed by atoms with E-state index in [4.69, 9.17) is 5.11 Å². The van der Waals surface area contributed by atoms with E-state index in [1.807, 2.05) is 0 Å². The lowest BCUT2D eigenvalue weighted by Gasteiger charge is -2.33. The average molecular weight is 270 g/mol. The highest BCUT2D eigenvalue weighted by Gasteiger charge is 2.75. The third kappa shape index (κ3) is 3.46. The molecule has 0 bridgehead atoms. The van der Waals surface area contributed by atoms with E-state index in [0.717, 1.165) is 0 Å². The van der Waals surface area contributed by atoms with E-state index < -0.39 is 30.5 Å². The second kappa shape index (κ2) is 5.41. The van der Waals surface area contributed by atoms with Gasteiger partial charge in [-0.3, -0.25) is 0 Å². The fraction of sp³-hybridized carbons (Fsp3) is 1.00. The number of aliphatic hydroxyl groups is 1. The molecule has 0 fully saturated rings. The normalized spacial score (nSPS) is 16.1. The minimum atomic E-state index is -6.18. The highest BCUT2D eigenvalue weighted by Crippen LogP contribution is 2.49. The molecule has 1 nitrogen and oxygen atoms in total. The van der Waals surface area contributed by atoms with Crippen molar-refractivity contribution in [2.45, 2.75) is 56.7 Å². The molecule has 8 heteroatoms. The Hall–Kier alpha value is -0.530. The van der Waals surface area contributed by atoms with Crippen molar-refractivity contribution in [3.63, 3.8) is 0 Å². The Balaban J connectivity index is 4.95. The number of rotatable bonds is 5. The largest absolute Gasteiger partial charge is 0.434 e. The molecular formula is C9H13F7O. The van der Waals surface area contributed by atoms with Crippen molar-refractivity contribution < 1.29 is 35.8 Å². The molecule has 0 heterocycles. The van der Waals surface area contributed by atoms with E-state index in [2.05, 4.69) is 0 Å². The molecule has 0 amide bonds. The van der Waals surface area contributed by atoms with Crippen LogP contribution >= 0.6 is 0 Å². The lowest BCUT2D eigenvalue weighted by molar-refractivity contribution is -0.365. The molecule has 0 rings (SSSR count). The molecule has 0 aliphatic carbocycles. The van der Waals surface area contributed by atoms with E-state index in [-0.39, 0.29) is 6.42 Å². The molecule has 1 atom stereocenters. The van der Waals surface area contributed by atoms with Crippen LogP contribution in [0.3, 0.4) is 0 Å². The summed E-state index contributed by atoms with van der Waals surface area (Å²) in [5.74, 6) is 0. The topological polar surface area (TPSA) is 20.2 Å². The second-order valence-corrected chi connectivity index (χ2v) is 3.72. The van der Waals surface area contributed by atoms with Gasteiger partial charge in [0.15, 0.2) is 0 Å². The first kappa shape index (κ1) is 16.5. The lowest BCUT2D eigenvalue weighted by Crippen LogP contribution is -2.60. The third-order valence-corrected chi connectivity index (χ3v) is 2.37. The fourth-order valence-corrected chi connectivity index (χ4v) is 1.33. The summed E-state index contributed by atoms with van der Waals surface area (Å²) in [4.78, 5) is 0. The highest BCUT2D eigenvalue weighted by molar-refractivity contribution is 5.00. The van der Waals surface area contributed by atoms with Crippen LogP contribution in [0.15, 0.2) is 0 Å². The maximum atomic E-state index is 13.1. The molecular weight excluding hydrogens is 257 g/mol. The van der Waals surface area contributed by atoms with Crippen molar-refractivity contribution in [2.75, 3.05) is 0 Å². The van der Waals surface area contributed by atoms with Crippen LogP contribution in [0.5, 0.6) is 0 Å². The first-order chi connectivity index (χ1) is 7.48. The van der Waals surface area contributed by atoms with Gasteiger partial charge >= 0.3 is 18.0 Å². The minimum absolute atomic E-state index is 0.102. The molecule has 1 N–H and O–H groups in total. The molecule has 0 radical (unpaired) electrons. The summed E-state index contributed by atoms with van der Waals surface area (Å²) in [6.45, 7) is 1.67. The Morgan fingerprint density at radius 3 is 1.59 bits per heavy atom. The van der Waals surface area contributed by atoms with E-state index in [1.165, 1.54) is 0 Å². The van der Waals surface area contributed by atoms with Gasteiger partial charge in [0.1, 0.15) is 6.10 Å². The summed E-state index contributed by atoms with van der Waals surface area (Å²) in [7, 11) is 0. The van der Waals surface area contributed by atoms with Crippen molar-refractivity contribution >= 4 is 0 Å². The van der Waals surface area contributed by atoms with E-state index in [1.54, 1.807) is 6.92 Å². The Morgan fingerprint density at radius 2 is 1.29 bits per heavy atom. The number of hydrogen-bond acceptors (Lipinski definition) is 1. The zero-order valence-electron chi connectivity index (χ0n) is 9.00. The number of unbranched alkanes of at least 4 members (excludes halogenated alkanes) is 2. The smallest absolute Gasteiger partial charge is 0.389 e. The van der Waals surface area contributed by atoms with Crippen LogP contribution in [0.25, 0.3) is 0 Å². The van der Waals surface area contributed by atoms with Crippen LogP contribution in [0.4, 0.5) is 30.7 Å². The summed E-state index contributed by atoms with van der Waals surface area (Å²) in [6, 6.07) is 0.